The van der Waals surface area contributed by atoms with E-state index in [1.165, 1.54) is 0 Å². The van der Waals surface area contributed by atoms with Crippen molar-refractivity contribution in [2.45, 2.75) is 56.7 Å². The molecule has 0 spiro atoms. The highest BCUT2D eigenvalue weighted by atomic mass is 35.5. The van der Waals surface area contributed by atoms with Crippen LogP contribution in [0.2, 0.25) is 10.0 Å². The maximum atomic E-state index is 13.9. The van der Waals surface area contributed by atoms with Gasteiger partial charge in [0.1, 0.15) is 0 Å². The molecule has 1 heterocycles. The van der Waals surface area contributed by atoms with E-state index in [4.69, 9.17) is 28.9 Å². The monoisotopic (exact) mass is 564 g/mol. The van der Waals surface area contributed by atoms with E-state index < -0.39 is 6.04 Å². The summed E-state index contributed by atoms with van der Waals surface area (Å²) in [5, 5.41) is 6.77. The van der Waals surface area contributed by atoms with E-state index in [1.807, 2.05) is 30.3 Å². The van der Waals surface area contributed by atoms with Gasteiger partial charge in [-0.3, -0.25) is 14.4 Å². The maximum absolute atomic E-state index is 13.9. The molecule has 1 aliphatic heterocycles. The molecule has 3 unspecified atom stereocenters. The fraction of sp³-hybridized carbons (Fsp3) is 0.300. The highest BCUT2D eigenvalue weighted by Crippen LogP contribution is 2.41. The van der Waals surface area contributed by atoms with Gasteiger partial charge in [-0.05, 0) is 54.3 Å². The molecule has 2 aliphatic rings. The van der Waals surface area contributed by atoms with Crippen LogP contribution in [0.1, 0.15) is 59.6 Å². The lowest BCUT2D eigenvalue weighted by Gasteiger charge is -2.32. The maximum Gasteiger partial charge on any atom is 0.251 e. The number of rotatable bonds is 5. The first-order valence-corrected chi connectivity index (χ1v) is 13.9. The van der Waals surface area contributed by atoms with Gasteiger partial charge in [0.25, 0.3) is 5.91 Å². The smallest absolute Gasteiger partial charge is 0.251 e. The molecule has 5 rings (SSSR count). The number of nitrogens with zero attached hydrogens (tertiary/aromatic N) is 1. The van der Waals surface area contributed by atoms with Crippen LogP contribution in [-0.2, 0) is 16.0 Å². The molecule has 1 saturated carbocycles. The average Bonchev–Trinajstić information content (AvgIpc) is 3.05. The minimum atomic E-state index is -0.674. The summed E-state index contributed by atoms with van der Waals surface area (Å²) in [7, 11) is 0. The number of halogens is 2. The molecule has 4 N–H and O–H groups in total. The van der Waals surface area contributed by atoms with E-state index in [0.29, 0.717) is 32.5 Å². The summed E-state index contributed by atoms with van der Waals surface area (Å²) in [4.78, 5) is 41.8. The predicted octanol–water partition coefficient (Wildman–Crippen LogP) is 5.65. The third kappa shape index (κ3) is 6.11. The van der Waals surface area contributed by atoms with Crippen molar-refractivity contribution < 1.29 is 14.4 Å². The number of carbonyl (C=O) groups excluding carboxylic acids is 3. The number of nitrogens with two attached hydrogens (primary N) is 1. The first-order valence-electron chi connectivity index (χ1n) is 13.1. The lowest BCUT2D eigenvalue weighted by molar-refractivity contribution is -0.119. The minimum Gasteiger partial charge on any atom is -0.348 e. The number of hydrogen-bond acceptors (Lipinski definition) is 4. The Labute approximate surface area is 237 Å². The minimum absolute atomic E-state index is 0.0188. The molecule has 39 heavy (non-hydrogen) atoms. The number of benzene rings is 3. The number of nitrogens with one attached hydrogen (secondary N) is 2. The molecule has 3 aromatic carbocycles. The van der Waals surface area contributed by atoms with E-state index in [9.17, 15) is 14.4 Å². The first-order chi connectivity index (χ1) is 18.8. The normalized spacial score (nSPS) is 20.9. The SMILES string of the molecule is NC1CCCCC1NC(=O)c1ccc2c(c1)NC(=O)CC(c1ccc(Cl)cc1Cl)N2C(=O)Cc1ccccc1. The van der Waals surface area contributed by atoms with E-state index in [-0.39, 0.29) is 42.6 Å². The van der Waals surface area contributed by atoms with Crippen LogP contribution < -0.4 is 21.3 Å². The molecule has 1 aliphatic carbocycles. The van der Waals surface area contributed by atoms with Crippen LogP contribution in [0.3, 0.4) is 0 Å². The zero-order chi connectivity index (χ0) is 27.5. The van der Waals surface area contributed by atoms with E-state index in [2.05, 4.69) is 10.6 Å². The molecular weight excluding hydrogens is 535 g/mol. The predicted molar refractivity (Wildman–Crippen MR) is 154 cm³/mol. The highest BCUT2D eigenvalue weighted by molar-refractivity contribution is 6.35. The van der Waals surface area contributed by atoms with Crippen LogP contribution >= 0.6 is 23.2 Å². The molecule has 0 radical (unpaired) electrons. The molecule has 0 saturated heterocycles. The Morgan fingerprint density at radius 3 is 2.51 bits per heavy atom. The lowest BCUT2D eigenvalue weighted by atomic mass is 9.91. The van der Waals surface area contributed by atoms with E-state index in [0.717, 1.165) is 31.2 Å². The second-order valence-corrected chi connectivity index (χ2v) is 11.0. The van der Waals surface area contributed by atoms with Gasteiger partial charge in [0.05, 0.1) is 30.3 Å². The average molecular weight is 566 g/mol. The van der Waals surface area contributed by atoms with Crippen molar-refractivity contribution in [1.82, 2.24) is 5.32 Å². The summed E-state index contributed by atoms with van der Waals surface area (Å²) in [5.74, 6) is -0.771. The van der Waals surface area contributed by atoms with Gasteiger partial charge in [-0.25, -0.2) is 0 Å². The van der Waals surface area contributed by atoms with Gasteiger partial charge in [0.2, 0.25) is 11.8 Å². The molecule has 202 valence electrons. The van der Waals surface area contributed by atoms with Crippen LogP contribution in [0.4, 0.5) is 11.4 Å². The van der Waals surface area contributed by atoms with Crippen LogP contribution in [0.25, 0.3) is 0 Å². The molecule has 3 aromatic rings. The summed E-state index contributed by atoms with van der Waals surface area (Å²) in [6.07, 6.45) is 3.89. The van der Waals surface area contributed by atoms with Crippen LogP contribution in [-0.4, -0.2) is 29.8 Å². The summed E-state index contributed by atoms with van der Waals surface area (Å²) in [6.45, 7) is 0. The molecule has 3 atom stereocenters. The van der Waals surface area contributed by atoms with Gasteiger partial charge in [0, 0.05) is 27.7 Å². The van der Waals surface area contributed by atoms with Crippen LogP contribution in [0.15, 0.2) is 66.7 Å². The molecular formula is C30H30Cl2N4O3. The van der Waals surface area contributed by atoms with Gasteiger partial charge < -0.3 is 21.3 Å². The highest BCUT2D eigenvalue weighted by Gasteiger charge is 2.35. The van der Waals surface area contributed by atoms with Crippen molar-refractivity contribution in [3.63, 3.8) is 0 Å². The number of fused-ring (bicyclic) bond motifs is 1. The largest absolute Gasteiger partial charge is 0.348 e. The summed E-state index contributed by atoms with van der Waals surface area (Å²) in [6, 6.07) is 18.6. The zero-order valence-electron chi connectivity index (χ0n) is 21.3. The molecule has 0 bridgehead atoms. The fourth-order valence-corrected chi connectivity index (χ4v) is 5.93. The third-order valence-electron chi connectivity index (χ3n) is 7.41. The van der Waals surface area contributed by atoms with Crippen molar-refractivity contribution in [2.24, 2.45) is 5.73 Å². The Balaban J connectivity index is 1.53. The molecule has 3 amide bonds. The Hall–Kier alpha value is -3.39. The summed E-state index contributed by atoms with van der Waals surface area (Å²) >= 11 is 12.7. The van der Waals surface area contributed by atoms with E-state index >= 15 is 0 Å². The Morgan fingerprint density at radius 1 is 1.00 bits per heavy atom. The fourth-order valence-electron chi connectivity index (χ4n) is 5.40. The second-order valence-electron chi connectivity index (χ2n) is 10.1. The Bertz CT molecular complexity index is 1400. The molecule has 7 nitrogen and oxygen atoms in total. The van der Waals surface area contributed by atoms with Crippen LogP contribution in [0, 0.1) is 0 Å². The van der Waals surface area contributed by atoms with Gasteiger partial charge in [-0.15, -0.1) is 0 Å². The Morgan fingerprint density at radius 2 is 1.77 bits per heavy atom. The first kappa shape index (κ1) is 27.2. The van der Waals surface area contributed by atoms with Crippen molar-refractivity contribution >= 4 is 52.3 Å². The second kappa shape index (κ2) is 11.8. The summed E-state index contributed by atoms with van der Waals surface area (Å²) in [5.41, 5.74) is 8.93. The van der Waals surface area contributed by atoms with Crippen molar-refractivity contribution in [2.75, 3.05) is 10.2 Å². The van der Waals surface area contributed by atoms with Crippen LogP contribution in [0.5, 0.6) is 0 Å². The molecule has 9 heteroatoms. The van der Waals surface area contributed by atoms with Crippen molar-refractivity contribution in [3.8, 4) is 0 Å². The van der Waals surface area contributed by atoms with Gasteiger partial charge in [0.15, 0.2) is 0 Å². The Kier molecular flexibility index (Phi) is 8.21. The van der Waals surface area contributed by atoms with Gasteiger partial charge >= 0.3 is 0 Å². The lowest BCUT2D eigenvalue weighted by Crippen LogP contribution is -2.49. The van der Waals surface area contributed by atoms with Gasteiger partial charge in [-0.1, -0.05) is 72.4 Å². The standard InChI is InChI=1S/C30H30Cl2N4O3/c31-20-11-12-21(22(32)16-20)27-17-28(37)34-25-15-19(30(39)35-24-9-5-4-8-23(24)33)10-13-26(25)36(27)29(38)14-18-6-2-1-3-7-18/h1-3,6-7,10-13,15-16,23-24,27H,4-5,8-9,14,17,33H2,(H,34,37)(H,35,39). The number of amides is 3. The molecule has 0 aromatic heterocycles. The zero-order valence-corrected chi connectivity index (χ0v) is 22.8. The molecule has 1 fully saturated rings. The van der Waals surface area contributed by atoms with E-state index in [1.54, 1.807) is 41.3 Å². The third-order valence-corrected chi connectivity index (χ3v) is 7.97. The topological polar surface area (TPSA) is 105 Å². The number of carbonyl (C=O) groups is 3. The van der Waals surface area contributed by atoms with Crippen molar-refractivity contribution in [1.29, 1.82) is 0 Å². The van der Waals surface area contributed by atoms with Gasteiger partial charge in [-0.2, -0.15) is 0 Å². The summed E-state index contributed by atoms with van der Waals surface area (Å²) < 4.78 is 0. The number of hydrogen-bond donors (Lipinski definition) is 3. The quantitative estimate of drug-likeness (QED) is 0.372. The van der Waals surface area contributed by atoms with Crippen molar-refractivity contribution in [3.05, 3.63) is 93.5 Å². The number of anilines is 2.